The summed E-state index contributed by atoms with van der Waals surface area (Å²) >= 11 is 0. The van der Waals surface area contributed by atoms with Gasteiger partial charge in [0.15, 0.2) is 0 Å². The van der Waals surface area contributed by atoms with Crippen molar-refractivity contribution >= 4 is 22.6 Å². The lowest BCUT2D eigenvalue weighted by molar-refractivity contribution is -0.138. The van der Waals surface area contributed by atoms with Gasteiger partial charge in [0.2, 0.25) is 0 Å². The van der Waals surface area contributed by atoms with E-state index in [4.69, 9.17) is 0 Å². The second kappa shape index (κ2) is 11.6. The summed E-state index contributed by atoms with van der Waals surface area (Å²) in [4.78, 5) is 34.5. The fraction of sp³-hybridized carbons (Fsp3) is 0.300. The van der Waals surface area contributed by atoms with Crippen LogP contribution in [0.2, 0.25) is 0 Å². The number of likely N-dealkylation sites (N-methyl/N-ethyl adjacent to an activating group) is 1. The molecule has 3 aromatic heterocycles. The Hall–Kier alpha value is -4.40. The van der Waals surface area contributed by atoms with E-state index in [9.17, 15) is 18.0 Å². The normalized spacial score (nSPS) is 14.5. The van der Waals surface area contributed by atoms with Crippen LogP contribution in [0, 0.1) is 25.7 Å². The predicted octanol–water partition coefficient (Wildman–Crippen LogP) is 4.45. The molecule has 1 amide bonds. The van der Waals surface area contributed by atoms with Crippen LogP contribution < -0.4 is 5.32 Å². The molecule has 0 spiro atoms. The van der Waals surface area contributed by atoms with Crippen molar-refractivity contribution in [2.24, 2.45) is 0 Å². The van der Waals surface area contributed by atoms with E-state index in [-0.39, 0.29) is 23.4 Å². The highest BCUT2D eigenvalue weighted by molar-refractivity contribution is 6.04. The van der Waals surface area contributed by atoms with Gasteiger partial charge in [0.1, 0.15) is 11.0 Å². The number of halogens is 3. The van der Waals surface area contributed by atoms with E-state index in [0.717, 1.165) is 30.5 Å². The Kier molecular flexibility index (Phi) is 7.97. The average molecular weight is 560 g/mol. The number of carbonyl (C=O) groups is 1. The van der Waals surface area contributed by atoms with Crippen LogP contribution in [-0.4, -0.2) is 68.9 Å². The molecule has 4 aromatic rings. The number of aryl methyl sites for hydroxylation is 2. The minimum absolute atomic E-state index is 0.0482. The van der Waals surface area contributed by atoms with Crippen molar-refractivity contribution in [3.8, 4) is 11.8 Å². The molecule has 1 aromatic carbocycles. The maximum absolute atomic E-state index is 13.9. The maximum atomic E-state index is 13.9. The average Bonchev–Trinajstić information content (AvgIpc) is 2.94. The third kappa shape index (κ3) is 6.67. The number of amides is 1. The maximum Gasteiger partial charge on any atom is 0.416 e. The van der Waals surface area contributed by atoms with Gasteiger partial charge in [-0.25, -0.2) is 9.97 Å². The Morgan fingerprint density at radius 2 is 1.68 bits per heavy atom. The number of hydrogen-bond donors (Lipinski definition) is 1. The largest absolute Gasteiger partial charge is 0.416 e. The highest BCUT2D eigenvalue weighted by Crippen LogP contribution is 2.34. The highest BCUT2D eigenvalue weighted by atomic mass is 19.4. The monoisotopic (exact) mass is 559 g/mol. The van der Waals surface area contributed by atoms with Gasteiger partial charge in [-0.3, -0.25) is 19.7 Å². The molecule has 11 heteroatoms. The van der Waals surface area contributed by atoms with Gasteiger partial charge in [-0.2, -0.15) is 13.2 Å². The Bertz CT molecular complexity index is 1670. The van der Waals surface area contributed by atoms with Crippen LogP contribution in [0.25, 0.3) is 11.0 Å². The molecular formula is C30H28F3N7O. The van der Waals surface area contributed by atoms with E-state index < -0.39 is 17.6 Å². The highest BCUT2D eigenvalue weighted by Gasteiger charge is 2.34. The van der Waals surface area contributed by atoms with Crippen molar-refractivity contribution in [1.29, 1.82) is 0 Å². The lowest BCUT2D eigenvalue weighted by Crippen LogP contribution is -2.44. The summed E-state index contributed by atoms with van der Waals surface area (Å²) in [7, 11) is 1.99. The summed E-state index contributed by atoms with van der Waals surface area (Å²) in [6.07, 6.45) is 1.49. The third-order valence-electron chi connectivity index (χ3n) is 6.99. The van der Waals surface area contributed by atoms with Gasteiger partial charge in [-0.1, -0.05) is 17.9 Å². The van der Waals surface area contributed by atoms with Crippen LogP contribution in [-0.2, 0) is 12.7 Å². The van der Waals surface area contributed by atoms with E-state index in [2.05, 4.69) is 42.0 Å². The summed E-state index contributed by atoms with van der Waals surface area (Å²) in [5.41, 5.74) is 3.48. The van der Waals surface area contributed by atoms with Gasteiger partial charge >= 0.3 is 6.18 Å². The van der Waals surface area contributed by atoms with E-state index in [1.165, 1.54) is 30.6 Å². The molecule has 0 bridgehead atoms. The SMILES string of the molecule is Cc1nc2cncc(C#Cc3cncc(C(=O)Nc4ccc(CN5CCN(C)CC5)c(C(F)(F)F)c4)c3)c2nc1C. The lowest BCUT2D eigenvalue weighted by atomic mass is 10.0. The third-order valence-corrected chi connectivity index (χ3v) is 6.99. The summed E-state index contributed by atoms with van der Waals surface area (Å²) in [5, 5.41) is 2.57. The van der Waals surface area contributed by atoms with Crippen LogP contribution in [0.15, 0.2) is 49.1 Å². The minimum Gasteiger partial charge on any atom is -0.322 e. The Morgan fingerprint density at radius 3 is 2.44 bits per heavy atom. The number of piperazine rings is 1. The zero-order valence-electron chi connectivity index (χ0n) is 22.9. The number of nitrogens with zero attached hydrogens (tertiary/aromatic N) is 6. The molecule has 0 atom stereocenters. The van der Waals surface area contributed by atoms with Gasteiger partial charge in [-0.15, -0.1) is 0 Å². The number of alkyl halides is 3. The number of fused-ring (bicyclic) bond motifs is 1. The summed E-state index contributed by atoms with van der Waals surface area (Å²) in [5.74, 6) is 5.39. The first-order valence-corrected chi connectivity index (χ1v) is 13.1. The molecule has 0 saturated carbocycles. The summed E-state index contributed by atoms with van der Waals surface area (Å²) in [6.45, 7) is 6.93. The van der Waals surface area contributed by atoms with Crippen LogP contribution in [0.3, 0.4) is 0 Å². The van der Waals surface area contributed by atoms with Crippen molar-refractivity contribution in [2.75, 3.05) is 38.5 Å². The Morgan fingerprint density at radius 1 is 0.951 bits per heavy atom. The van der Waals surface area contributed by atoms with E-state index in [0.29, 0.717) is 35.2 Å². The molecule has 1 aliphatic rings. The van der Waals surface area contributed by atoms with Crippen molar-refractivity contribution < 1.29 is 18.0 Å². The number of nitrogens with one attached hydrogen (secondary N) is 1. The van der Waals surface area contributed by atoms with Crippen LogP contribution in [0.5, 0.6) is 0 Å². The number of aromatic nitrogens is 4. The molecular weight excluding hydrogens is 531 g/mol. The van der Waals surface area contributed by atoms with Gasteiger partial charge in [0.05, 0.1) is 34.3 Å². The fourth-order valence-corrected chi connectivity index (χ4v) is 4.52. The smallest absolute Gasteiger partial charge is 0.322 e. The van der Waals surface area contributed by atoms with Crippen molar-refractivity contribution in [2.45, 2.75) is 26.6 Å². The molecule has 1 saturated heterocycles. The number of anilines is 1. The van der Waals surface area contributed by atoms with E-state index in [1.807, 2.05) is 25.8 Å². The number of rotatable bonds is 4. The Balaban J connectivity index is 1.34. The number of hydrogen-bond acceptors (Lipinski definition) is 7. The van der Waals surface area contributed by atoms with Crippen LogP contribution in [0.1, 0.15) is 44.0 Å². The van der Waals surface area contributed by atoms with Crippen LogP contribution >= 0.6 is 0 Å². The molecule has 0 radical (unpaired) electrons. The zero-order chi connectivity index (χ0) is 29.1. The molecule has 41 heavy (non-hydrogen) atoms. The van der Waals surface area contributed by atoms with Crippen molar-refractivity contribution in [1.82, 2.24) is 29.7 Å². The molecule has 4 heterocycles. The predicted molar refractivity (Wildman–Crippen MR) is 149 cm³/mol. The quantitative estimate of drug-likeness (QED) is 0.370. The molecule has 1 N–H and O–H groups in total. The fourth-order valence-electron chi connectivity index (χ4n) is 4.52. The van der Waals surface area contributed by atoms with E-state index >= 15 is 0 Å². The van der Waals surface area contributed by atoms with Gasteiger partial charge in [0, 0.05) is 62.6 Å². The first-order valence-electron chi connectivity index (χ1n) is 13.1. The second-order valence-electron chi connectivity index (χ2n) is 10.1. The van der Waals surface area contributed by atoms with Crippen molar-refractivity contribution in [3.63, 3.8) is 0 Å². The van der Waals surface area contributed by atoms with Gasteiger partial charge in [-0.05, 0) is 44.7 Å². The van der Waals surface area contributed by atoms with Gasteiger partial charge < -0.3 is 10.2 Å². The molecule has 8 nitrogen and oxygen atoms in total. The van der Waals surface area contributed by atoms with E-state index in [1.54, 1.807) is 12.4 Å². The summed E-state index contributed by atoms with van der Waals surface area (Å²) in [6, 6.07) is 5.44. The molecule has 5 rings (SSSR count). The molecule has 1 fully saturated rings. The second-order valence-corrected chi connectivity index (χ2v) is 10.1. The summed E-state index contributed by atoms with van der Waals surface area (Å²) < 4.78 is 41.8. The minimum atomic E-state index is -4.56. The van der Waals surface area contributed by atoms with Crippen LogP contribution in [0.4, 0.5) is 18.9 Å². The number of benzene rings is 1. The topological polar surface area (TPSA) is 87.1 Å². The number of carbonyl (C=O) groups excluding carboxylic acids is 1. The molecule has 0 unspecified atom stereocenters. The first kappa shape index (κ1) is 28.1. The first-order chi connectivity index (χ1) is 19.6. The standard InChI is InChI=1S/C30H28F3N7O/c1-19-20(2)37-28-22(15-35-17-27(28)36-19)5-4-21-12-24(16-34-14-21)29(41)38-25-7-6-23(26(13-25)30(31,32)33)18-40-10-8-39(3)9-11-40/h6-7,12-17H,8-11,18H2,1-3H3,(H,38,41). The van der Waals surface area contributed by atoms with Gasteiger partial charge in [0.25, 0.3) is 5.91 Å². The zero-order valence-corrected chi connectivity index (χ0v) is 22.9. The molecule has 210 valence electrons. The van der Waals surface area contributed by atoms with Crippen molar-refractivity contribution in [3.05, 3.63) is 88.3 Å². The molecule has 0 aliphatic carbocycles. The Labute approximate surface area is 235 Å². The number of pyridine rings is 2. The lowest BCUT2D eigenvalue weighted by Gasteiger charge is -2.33. The molecule has 1 aliphatic heterocycles.